The Morgan fingerprint density at radius 2 is 1.81 bits per heavy atom. The smallest absolute Gasteiger partial charge is 0.198 e. The zero-order valence-electron chi connectivity index (χ0n) is 11.2. The molecule has 21 heavy (non-hydrogen) atoms. The van der Waals surface area contributed by atoms with Crippen LogP contribution in [0.4, 0.5) is 18.9 Å². The Morgan fingerprint density at radius 1 is 1.14 bits per heavy atom. The van der Waals surface area contributed by atoms with Gasteiger partial charge in [-0.1, -0.05) is 6.42 Å². The molecule has 1 unspecified atom stereocenters. The van der Waals surface area contributed by atoms with Gasteiger partial charge in [-0.05, 0) is 19.4 Å². The van der Waals surface area contributed by atoms with Crippen LogP contribution in [-0.4, -0.2) is 24.4 Å². The van der Waals surface area contributed by atoms with Crippen LogP contribution in [0.3, 0.4) is 0 Å². The Balaban J connectivity index is 1.93. The van der Waals surface area contributed by atoms with Crippen LogP contribution in [0.2, 0.25) is 0 Å². The van der Waals surface area contributed by atoms with E-state index >= 15 is 0 Å². The van der Waals surface area contributed by atoms with E-state index in [1.54, 1.807) is 0 Å². The molecule has 0 radical (unpaired) electrons. The summed E-state index contributed by atoms with van der Waals surface area (Å²) in [5.74, 6) is -4.43. The molecule has 0 aromatic heterocycles. The summed E-state index contributed by atoms with van der Waals surface area (Å²) in [6.45, 7) is 0.809. The van der Waals surface area contributed by atoms with Gasteiger partial charge in [0.2, 0.25) is 0 Å². The number of nitrogens with one attached hydrogen (secondary N) is 5. The van der Waals surface area contributed by atoms with Gasteiger partial charge >= 0.3 is 0 Å². The molecule has 0 bridgehead atoms. The summed E-state index contributed by atoms with van der Waals surface area (Å²) >= 11 is 0. The van der Waals surface area contributed by atoms with Crippen molar-refractivity contribution in [2.75, 3.05) is 11.9 Å². The molecule has 1 saturated heterocycles. The van der Waals surface area contributed by atoms with Gasteiger partial charge in [-0.15, -0.1) is 0 Å². The molecule has 1 aliphatic heterocycles. The molecule has 1 aromatic carbocycles. The average molecular weight is 299 g/mol. The number of halogens is 3. The highest BCUT2D eigenvalue weighted by molar-refractivity contribution is 6.05. The maximum absolute atomic E-state index is 13.0. The first-order valence-corrected chi connectivity index (χ1v) is 6.56. The summed E-state index contributed by atoms with van der Waals surface area (Å²) in [4.78, 5) is 0. The molecular formula is C13H16F3N5. The largest absolute Gasteiger partial charge is 0.326 e. The summed E-state index contributed by atoms with van der Waals surface area (Å²) in [6.07, 6.45) is 2.84. The summed E-state index contributed by atoms with van der Waals surface area (Å²) < 4.78 is 38.9. The molecular weight excluding hydrogens is 283 g/mol. The Morgan fingerprint density at radius 3 is 2.38 bits per heavy atom. The lowest BCUT2D eigenvalue weighted by molar-refractivity contribution is 0.448. The van der Waals surface area contributed by atoms with Crippen LogP contribution in [0, 0.1) is 28.3 Å². The average Bonchev–Trinajstić information content (AvgIpc) is 2.45. The van der Waals surface area contributed by atoms with Gasteiger partial charge in [0.1, 0.15) is 5.84 Å². The molecule has 0 aliphatic carbocycles. The van der Waals surface area contributed by atoms with Crippen molar-refractivity contribution >= 4 is 17.5 Å². The van der Waals surface area contributed by atoms with Gasteiger partial charge in [0.15, 0.2) is 23.4 Å². The number of benzene rings is 1. The molecule has 8 heteroatoms. The lowest BCUT2D eigenvalue weighted by Gasteiger charge is -2.24. The second-order valence-electron chi connectivity index (χ2n) is 4.80. The number of rotatable bonds is 2. The Bertz CT molecular complexity index is 532. The standard InChI is InChI=1S/C13H16F3N5/c14-8-5-7(6-9(15)11(8)16)20-13(18)21-12(17)10-3-1-2-4-19-10/h5-6,10,19H,1-4H2,(H4,17,18,20,21). The van der Waals surface area contributed by atoms with Crippen LogP contribution in [0.25, 0.3) is 0 Å². The van der Waals surface area contributed by atoms with Crippen molar-refractivity contribution in [2.24, 2.45) is 0 Å². The van der Waals surface area contributed by atoms with E-state index in [9.17, 15) is 13.2 Å². The number of anilines is 1. The number of hydrogen-bond acceptors (Lipinski definition) is 3. The maximum atomic E-state index is 13.0. The minimum Gasteiger partial charge on any atom is -0.326 e. The SMILES string of the molecule is N=C(NC(=N)C1CCCCN1)Nc1cc(F)c(F)c(F)c1. The van der Waals surface area contributed by atoms with E-state index in [1.165, 1.54) is 0 Å². The normalized spacial score (nSPS) is 18.1. The minimum absolute atomic E-state index is 0.103. The summed E-state index contributed by atoms with van der Waals surface area (Å²) in [6, 6.07) is 1.33. The van der Waals surface area contributed by atoms with Gasteiger partial charge in [0.05, 0.1) is 6.04 Å². The van der Waals surface area contributed by atoms with E-state index in [1.807, 2.05) is 0 Å². The van der Waals surface area contributed by atoms with Gasteiger partial charge in [0, 0.05) is 17.8 Å². The molecule has 1 fully saturated rings. The predicted octanol–water partition coefficient (Wildman–Crippen LogP) is 2.16. The third-order valence-electron chi connectivity index (χ3n) is 3.17. The summed E-state index contributed by atoms with van der Waals surface area (Å²) in [5, 5.41) is 23.5. The molecule has 5 N–H and O–H groups in total. The zero-order chi connectivity index (χ0) is 15.4. The molecule has 1 atom stereocenters. The van der Waals surface area contributed by atoms with Crippen molar-refractivity contribution in [1.82, 2.24) is 10.6 Å². The summed E-state index contributed by atoms with van der Waals surface area (Å²) in [5.41, 5.74) is -0.103. The fourth-order valence-corrected chi connectivity index (χ4v) is 2.12. The fraction of sp³-hybridized carbons (Fsp3) is 0.385. The second kappa shape index (κ2) is 6.57. The van der Waals surface area contributed by atoms with Crippen LogP contribution >= 0.6 is 0 Å². The number of guanidine groups is 1. The third kappa shape index (κ3) is 3.94. The third-order valence-corrected chi connectivity index (χ3v) is 3.17. The lowest BCUT2D eigenvalue weighted by Crippen LogP contribution is -2.49. The van der Waals surface area contributed by atoms with Crippen molar-refractivity contribution in [3.8, 4) is 0 Å². The predicted molar refractivity (Wildman–Crippen MR) is 74.2 cm³/mol. The number of piperidine rings is 1. The van der Waals surface area contributed by atoms with Crippen LogP contribution in [0.1, 0.15) is 19.3 Å². The van der Waals surface area contributed by atoms with Gasteiger partial charge < -0.3 is 16.0 Å². The highest BCUT2D eigenvalue weighted by Crippen LogP contribution is 2.17. The quantitative estimate of drug-likeness (QED) is 0.330. The van der Waals surface area contributed by atoms with Crippen LogP contribution < -0.4 is 16.0 Å². The van der Waals surface area contributed by atoms with Gasteiger partial charge in [-0.2, -0.15) is 0 Å². The molecule has 114 valence electrons. The van der Waals surface area contributed by atoms with Crippen molar-refractivity contribution in [3.05, 3.63) is 29.6 Å². The number of amidine groups is 1. The van der Waals surface area contributed by atoms with Crippen LogP contribution in [0.5, 0.6) is 0 Å². The Hall–Kier alpha value is -2.09. The monoisotopic (exact) mass is 299 g/mol. The second-order valence-corrected chi connectivity index (χ2v) is 4.80. The topological polar surface area (TPSA) is 83.8 Å². The first kappa shape index (κ1) is 15.3. The van der Waals surface area contributed by atoms with Crippen molar-refractivity contribution < 1.29 is 13.2 Å². The Kier molecular flexibility index (Phi) is 4.79. The first-order chi connectivity index (χ1) is 9.97. The van der Waals surface area contributed by atoms with Crippen molar-refractivity contribution in [3.63, 3.8) is 0 Å². The molecule has 0 spiro atoms. The van der Waals surface area contributed by atoms with Crippen LogP contribution in [-0.2, 0) is 0 Å². The molecule has 1 heterocycles. The van der Waals surface area contributed by atoms with E-state index in [-0.39, 0.29) is 23.5 Å². The van der Waals surface area contributed by atoms with E-state index in [4.69, 9.17) is 10.8 Å². The first-order valence-electron chi connectivity index (χ1n) is 6.56. The van der Waals surface area contributed by atoms with E-state index in [0.29, 0.717) is 0 Å². The maximum Gasteiger partial charge on any atom is 0.198 e. The van der Waals surface area contributed by atoms with Crippen LogP contribution in [0.15, 0.2) is 12.1 Å². The van der Waals surface area contributed by atoms with Crippen molar-refractivity contribution in [1.29, 1.82) is 10.8 Å². The van der Waals surface area contributed by atoms with Gasteiger partial charge in [-0.3, -0.25) is 10.8 Å². The molecule has 2 rings (SSSR count). The Labute approximate surface area is 119 Å². The molecule has 0 amide bonds. The molecule has 5 nitrogen and oxygen atoms in total. The fourth-order valence-electron chi connectivity index (χ4n) is 2.12. The lowest BCUT2D eigenvalue weighted by atomic mass is 10.0. The van der Waals surface area contributed by atoms with Gasteiger partial charge in [0.25, 0.3) is 0 Å². The zero-order valence-corrected chi connectivity index (χ0v) is 11.2. The van der Waals surface area contributed by atoms with E-state index < -0.39 is 17.5 Å². The van der Waals surface area contributed by atoms with E-state index in [0.717, 1.165) is 37.9 Å². The highest BCUT2D eigenvalue weighted by atomic mass is 19.2. The van der Waals surface area contributed by atoms with E-state index in [2.05, 4.69) is 16.0 Å². The van der Waals surface area contributed by atoms with Crippen molar-refractivity contribution in [2.45, 2.75) is 25.3 Å². The highest BCUT2D eigenvalue weighted by Gasteiger charge is 2.18. The van der Waals surface area contributed by atoms with Gasteiger partial charge in [-0.25, -0.2) is 13.2 Å². The molecule has 0 saturated carbocycles. The summed E-state index contributed by atoms with van der Waals surface area (Å²) in [7, 11) is 0. The molecule has 1 aliphatic rings. The number of hydrogen-bond donors (Lipinski definition) is 5. The minimum atomic E-state index is -1.56. The molecule has 1 aromatic rings.